The molecule has 8 heteroatoms. The Labute approximate surface area is 184 Å². The lowest BCUT2D eigenvalue weighted by molar-refractivity contribution is -0.123. The van der Waals surface area contributed by atoms with Gasteiger partial charge in [0, 0.05) is 47.3 Å². The molecule has 2 aliphatic rings. The molecule has 0 saturated carbocycles. The van der Waals surface area contributed by atoms with Gasteiger partial charge in [-0.25, -0.2) is 4.90 Å². The zero-order valence-corrected chi connectivity index (χ0v) is 17.7. The molecule has 7 nitrogen and oxygen atoms in total. The van der Waals surface area contributed by atoms with E-state index in [9.17, 15) is 14.4 Å². The van der Waals surface area contributed by atoms with Crippen LogP contribution >= 0.6 is 11.6 Å². The van der Waals surface area contributed by atoms with Crippen molar-refractivity contribution in [3.63, 3.8) is 0 Å². The number of hydrogen-bond donors (Lipinski definition) is 2. The highest BCUT2D eigenvalue weighted by Crippen LogP contribution is 2.33. The molecule has 0 bridgehead atoms. The minimum absolute atomic E-state index is 0.160. The number of H-pyrrole nitrogens is 1. The number of fused-ring (bicyclic) bond motifs is 3. The summed E-state index contributed by atoms with van der Waals surface area (Å²) in [6.07, 6.45) is 0.951. The van der Waals surface area contributed by atoms with Crippen molar-refractivity contribution in [2.45, 2.75) is 32.4 Å². The number of rotatable bonds is 3. The molecule has 0 spiro atoms. The highest BCUT2D eigenvalue weighted by atomic mass is 35.5. The fourth-order valence-electron chi connectivity index (χ4n) is 4.57. The molecule has 2 aromatic carbocycles. The largest absolute Gasteiger partial charge is 0.357 e. The summed E-state index contributed by atoms with van der Waals surface area (Å²) in [4.78, 5) is 43.8. The van der Waals surface area contributed by atoms with Gasteiger partial charge in [0.15, 0.2) is 0 Å². The second-order valence-corrected chi connectivity index (χ2v) is 8.44. The molecule has 158 valence electrons. The fraction of sp³-hybridized carbons (Fsp3) is 0.261. The van der Waals surface area contributed by atoms with E-state index >= 15 is 0 Å². The van der Waals surface area contributed by atoms with Crippen LogP contribution in [0.5, 0.6) is 0 Å². The van der Waals surface area contributed by atoms with Crippen molar-refractivity contribution in [1.29, 1.82) is 0 Å². The maximum atomic E-state index is 13.2. The molecule has 0 radical (unpaired) electrons. The summed E-state index contributed by atoms with van der Waals surface area (Å²) in [6, 6.07) is 12.1. The molecule has 1 fully saturated rings. The third-order valence-corrected chi connectivity index (χ3v) is 6.21. The van der Waals surface area contributed by atoms with Crippen molar-refractivity contribution < 1.29 is 14.4 Å². The number of nitrogens with one attached hydrogen (secondary N) is 2. The summed E-state index contributed by atoms with van der Waals surface area (Å²) in [5.41, 5.74) is 4.47. The smallest absolute Gasteiger partial charge is 0.251 e. The van der Waals surface area contributed by atoms with E-state index in [0.29, 0.717) is 29.5 Å². The molecule has 2 N–H and O–H groups in total. The molecule has 2 aliphatic heterocycles. The molecule has 1 aromatic heterocycles. The van der Waals surface area contributed by atoms with E-state index in [1.165, 1.54) is 17.4 Å². The summed E-state index contributed by atoms with van der Waals surface area (Å²) in [7, 11) is 0. The number of nitrogens with zero attached hydrogens (tertiary/aromatic N) is 2. The predicted octanol–water partition coefficient (Wildman–Crippen LogP) is 3.47. The first-order valence-electron chi connectivity index (χ1n) is 10.2. The van der Waals surface area contributed by atoms with Crippen molar-refractivity contribution in [1.82, 2.24) is 9.88 Å². The minimum atomic E-state index is -0.481. The Bertz CT molecular complexity index is 1220. The molecular weight excluding hydrogens is 416 g/mol. The number of anilines is 2. The Morgan fingerprint density at radius 2 is 1.94 bits per heavy atom. The first-order chi connectivity index (χ1) is 14.9. The quantitative estimate of drug-likeness (QED) is 0.615. The van der Waals surface area contributed by atoms with Gasteiger partial charge in [0.2, 0.25) is 11.8 Å². The Morgan fingerprint density at radius 3 is 2.68 bits per heavy atom. The zero-order valence-electron chi connectivity index (χ0n) is 16.9. The van der Waals surface area contributed by atoms with Crippen LogP contribution in [0, 0.1) is 0 Å². The number of halogens is 1. The SMILES string of the molecule is CC(=O)Nc1ccc(N2C(=O)C[C@@H](N3CCc4c([nH]c5ccc(Cl)cc45)C3)C2=O)cc1. The van der Waals surface area contributed by atoms with Gasteiger partial charge in [-0.1, -0.05) is 11.6 Å². The van der Waals surface area contributed by atoms with Crippen LogP contribution in [-0.2, 0) is 27.3 Å². The lowest BCUT2D eigenvalue weighted by Crippen LogP contribution is -2.44. The zero-order chi connectivity index (χ0) is 21.7. The maximum absolute atomic E-state index is 13.2. The van der Waals surface area contributed by atoms with E-state index in [0.717, 1.165) is 23.0 Å². The summed E-state index contributed by atoms with van der Waals surface area (Å²) < 4.78 is 0. The van der Waals surface area contributed by atoms with Gasteiger partial charge in [-0.3, -0.25) is 19.3 Å². The van der Waals surface area contributed by atoms with Gasteiger partial charge < -0.3 is 10.3 Å². The molecule has 1 saturated heterocycles. The third-order valence-electron chi connectivity index (χ3n) is 5.98. The normalized spacial score (nSPS) is 19.2. The summed E-state index contributed by atoms with van der Waals surface area (Å²) in [5, 5.41) is 4.51. The summed E-state index contributed by atoms with van der Waals surface area (Å²) in [6.45, 7) is 2.71. The first-order valence-corrected chi connectivity index (χ1v) is 10.6. The van der Waals surface area contributed by atoms with Crippen molar-refractivity contribution in [3.8, 4) is 0 Å². The molecular formula is C23H21ClN4O3. The molecule has 5 rings (SSSR count). The predicted molar refractivity (Wildman–Crippen MR) is 119 cm³/mol. The number of benzene rings is 2. The summed E-state index contributed by atoms with van der Waals surface area (Å²) >= 11 is 6.16. The van der Waals surface area contributed by atoms with E-state index in [1.54, 1.807) is 24.3 Å². The van der Waals surface area contributed by atoms with Gasteiger partial charge in [-0.05, 0) is 54.4 Å². The number of carbonyl (C=O) groups excluding carboxylic acids is 3. The fourth-order valence-corrected chi connectivity index (χ4v) is 4.74. The van der Waals surface area contributed by atoms with Crippen LogP contribution in [0.3, 0.4) is 0 Å². The van der Waals surface area contributed by atoms with Gasteiger partial charge in [-0.15, -0.1) is 0 Å². The van der Waals surface area contributed by atoms with Gasteiger partial charge in [0.25, 0.3) is 5.91 Å². The second kappa shape index (κ2) is 7.51. The van der Waals surface area contributed by atoms with Crippen LogP contribution in [0.1, 0.15) is 24.6 Å². The third kappa shape index (κ3) is 3.49. The topological polar surface area (TPSA) is 85.5 Å². The van der Waals surface area contributed by atoms with Crippen molar-refractivity contribution in [2.75, 3.05) is 16.8 Å². The van der Waals surface area contributed by atoms with Gasteiger partial charge in [0.1, 0.15) is 0 Å². The average Bonchev–Trinajstić information content (AvgIpc) is 3.24. The standard InChI is InChI=1S/C23H21ClN4O3/c1-13(29)25-15-3-5-16(6-4-15)28-22(30)11-21(23(28)31)27-9-8-17-18-10-14(24)2-7-19(18)26-20(17)12-27/h2-7,10,21,26H,8-9,11-12H2,1H3,(H,25,29)/t21-/m1/s1. The van der Waals surface area contributed by atoms with Crippen LogP contribution in [0.15, 0.2) is 42.5 Å². The second-order valence-electron chi connectivity index (χ2n) is 8.01. The van der Waals surface area contributed by atoms with E-state index in [-0.39, 0.29) is 24.1 Å². The number of hydrogen-bond acceptors (Lipinski definition) is 4. The maximum Gasteiger partial charge on any atom is 0.251 e. The Hall–Kier alpha value is -3.16. The van der Waals surface area contributed by atoms with E-state index in [4.69, 9.17) is 11.6 Å². The van der Waals surface area contributed by atoms with E-state index in [2.05, 4.69) is 15.2 Å². The van der Waals surface area contributed by atoms with Gasteiger partial charge in [-0.2, -0.15) is 0 Å². The van der Waals surface area contributed by atoms with Crippen molar-refractivity contribution in [2.24, 2.45) is 0 Å². The molecule has 31 heavy (non-hydrogen) atoms. The van der Waals surface area contributed by atoms with Crippen LogP contribution in [0.4, 0.5) is 11.4 Å². The molecule has 0 unspecified atom stereocenters. The van der Waals surface area contributed by atoms with E-state index in [1.807, 2.05) is 18.2 Å². The number of carbonyl (C=O) groups is 3. The number of imide groups is 1. The van der Waals surface area contributed by atoms with Crippen molar-refractivity contribution in [3.05, 3.63) is 58.7 Å². The Kier molecular flexibility index (Phi) is 4.79. The number of amides is 3. The molecule has 3 aromatic rings. The highest BCUT2D eigenvalue weighted by molar-refractivity contribution is 6.31. The molecule has 1 atom stereocenters. The van der Waals surface area contributed by atoms with Crippen molar-refractivity contribution >= 4 is 51.6 Å². The van der Waals surface area contributed by atoms with Gasteiger partial charge in [0.05, 0.1) is 18.2 Å². The number of aromatic nitrogens is 1. The minimum Gasteiger partial charge on any atom is -0.357 e. The average molecular weight is 437 g/mol. The van der Waals surface area contributed by atoms with E-state index < -0.39 is 6.04 Å². The Morgan fingerprint density at radius 1 is 1.16 bits per heavy atom. The lowest BCUT2D eigenvalue weighted by atomic mass is 10.0. The van der Waals surface area contributed by atoms with Crippen LogP contribution in [0.25, 0.3) is 10.9 Å². The Balaban J connectivity index is 1.36. The van der Waals surface area contributed by atoms with Crippen LogP contribution in [0.2, 0.25) is 5.02 Å². The van der Waals surface area contributed by atoms with Crippen LogP contribution < -0.4 is 10.2 Å². The molecule has 3 amide bonds. The molecule has 0 aliphatic carbocycles. The lowest BCUT2D eigenvalue weighted by Gasteiger charge is -2.30. The number of aromatic amines is 1. The van der Waals surface area contributed by atoms with Gasteiger partial charge >= 0.3 is 0 Å². The monoisotopic (exact) mass is 436 g/mol. The first kappa shape index (κ1) is 19.8. The molecule has 3 heterocycles. The highest BCUT2D eigenvalue weighted by Gasteiger charge is 2.43. The summed E-state index contributed by atoms with van der Waals surface area (Å²) in [5.74, 6) is -0.596. The van der Waals surface area contributed by atoms with Crippen LogP contribution in [-0.4, -0.2) is 40.2 Å².